The molecule has 0 radical (unpaired) electrons. The number of rotatable bonds is 10. The molecule has 1 saturated carbocycles. The van der Waals surface area contributed by atoms with E-state index in [1.807, 2.05) is 6.92 Å². The van der Waals surface area contributed by atoms with Crippen LogP contribution in [0.15, 0.2) is 24.3 Å². The largest absolute Gasteiger partial charge is 0.573 e. The molecule has 0 aromatic heterocycles. The van der Waals surface area contributed by atoms with Crippen molar-refractivity contribution in [3.63, 3.8) is 0 Å². The number of nitrogens with one attached hydrogen (secondary N) is 2. The van der Waals surface area contributed by atoms with Crippen molar-refractivity contribution in [1.82, 2.24) is 5.32 Å². The third-order valence-electron chi connectivity index (χ3n) is 5.87. The number of carbonyl (C=O) groups excluding carboxylic acids is 2. The second-order valence-corrected chi connectivity index (χ2v) is 10.2. The number of alkyl halides is 3. The van der Waals surface area contributed by atoms with E-state index in [0.29, 0.717) is 24.6 Å². The van der Waals surface area contributed by atoms with E-state index in [-0.39, 0.29) is 23.7 Å². The lowest BCUT2D eigenvalue weighted by atomic mass is 9.83. The summed E-state index contributed by atoms with van der Waals surface area (Å²) in [6.07, 6.45) is 0.331. The number of amides is 1. The van der Waals surface area contributed by atoms with Gasteiger partial charge in [-0.05, 0) is 64.3 Å². The maximum Gasteiger partial charge on any atom is 0.573 e. The van der Waals surface area contributed by atoms with Crippen LogP contribution in [0.1, 0.15) is 66.7 Å². The van der Waals surface area contributed by atoms with Gasteiger partial charge in [0.1, 0.15) is 11.4 Å². The highest BCUT2D eigenvalue weighted by atomic mass is 19.4. The van der Waals surface area contributed by atoms with E-state index in [4.69, 9.17) is 4.74 Å². The Labute approximate surface area is 200 Å². The second-order valence-electron chi connectivity index (χ2n) is 10.2. The summed E-state index contributed by atoms with van der Waals surface area (Å²) >= 11 is 0. The van der Waals surface area contributed by atoms with Gasteiger partial charge < -0.3 is 20.1 Å². The van der Waals surface area contributed by atoms with Gasteiger partial charge in [-0.3, -0.25) is 9.59 Å². The van der Waals surface area contributed by atoms with Gasteiger partial charge in [-0.15, -0.1) is 13.2 Å². The zero-order valence-electron chi connectivity index (χ0n) is 20.6. The topological polar surface area (TPSA) is 76.7 Å². The SMILES string of the molecule is CC(C(=O)OC(C)(C)C)C(CC1CCCC1)C(=O)N[C@@H](C)CNc1ccc(OC(F)(F)F)cc1. The monoisotopic (exact) mass is 486 g/mol. The van der Waals surface area contributed by atoms with E-state index in [9.17, 15) is 22.8 Å². The third kappa shape index (κ3) is 9.81. The molecule has 2 unspecified atom stereocenters. The zero-order valence-corrected chi connectivity index (χ0v) is 20.6. The van der Waals surface area contributed by atoms with Crippen LogP contribution in [0.25, 0.3) is 0 Å². The average Bonchev–Trinajstić information content (AvgIpc) is 3.22. The molecule has 1 aliphatic carbocycles. The van der Waals surface area contributed by atoms with Crippen LogP contribution >= 0.6 is 0 Å². The Hall–Kier alpha value is -2.45. The van der Waals surface area contributed by atoms with Crippen LogP contribution in [0.2, 0.25) is 0 Å². The molecule has 9 heteroatoms. The summed E-state index contributed by atoms with van der Waals surface area (Å²) in [6.45, 7) is 9.36. The van der Waals surface area contributed by atoms with E-state index >= 15 is 0 Å². The van der Waals surface area contributed by atoms with Gasteiger partial charge in [0.2, 0.25) is 5.91 Å². The Bertz CT molecular complexity index is 800. The zero-order chi connectivity index (χ0) is 25.5. The number of halogens is 3. The van der Waals surface area contributed by atoms with E-state index in [1.54, 1.807) is 27.7 Å². The van der Waals surface area contributed by atoms with Gasteiger partial charge in [0.25, 0.3) is 0 Å². The van der Waals surface area contributed by atoms with Crippen molar-refractivity contribution in [2.24, 2.45) is 17.8 Å². The average molecular weight is 487 g/mol. The summed E-state index contributed by atoms with van der Waals surface area (Å²) < 4.78 is 46.3. The van der Waals surface area contributed by atoms with Crippen LogP contribution in [0, 0.1) is 17.8 Å². The lowest BCUT2D eigenvalue weighted by Gasteiger charge is -2.29. The normalized spacial score (nSPS) is 17.5. The first-order valence-electron chi connectivity index (χ1n) is 11.9. The van der Waals surface area contributed by atoms with E-state index < -0.39 is 23.8 Å². The maximum atomic E-state index is 13.2. The fourth-order valence-corrected chi connectivity index (χ4v) is 4.15. The van der Waals surface area contributed by atoms with Crippen LogP contribution in [-0.2, 0) is 14.3 Å². The predicted octanol–water partition coefficient (Wildman–Crippen LogP) is 5.68. The molecule has 0 bridgehead atoms. The Balaban J connectivity index is 1.95. The third-order valence-corrected chi connectivity index (χ3v) is 5.87. The summed E-state index contributed by atoms with van der Waals surface area (Å²) in [7, 11) is 0. The fourth-order valence-electron chi connectivity index (χ4n) is 4.15. The molecule has 34 heavy (non-hydrogen) atoms. The molecule has 1 aromatic rings. The molecule has 1 fully saturated rings. The van der Waals surface area contributed by atoms with Crippen molar-refractivity contribution in [2.75, 3.05) is 11.9 Å². The first-order chi connectivity index (χ1) is 15.7. The van der Waals surface area contributed by atoms with Gasteiger partial charge in [0.15, 0.2) is 0 Å². The molecule has 2 N–H and O–H groups in total. The van der Waals surface area contributed by atoms with Crippen LogP contribution in [0.5, 0.6) is 5.75 Å². The maximum absolute atomic E-state index is 13.2. The minimum Gasteiger partial charge on any atom is -0.460 e. The minimum atomic E-state index is -4.74. The molecule has 0 heterocycles. The van der Waals surface area contributed by atoms with Crippen molar-refractivity contribution < 1.29 is 32.2 Å². The quantitative estimate of drug-likeness (QED) is 0.417. The first kappa shape index (κ1) is 27.8. The van der Waals surface area contributed by atoms with Crippen molar-refractivity contribution in [2.45, 2.75) is 84.7 Å². The number of esters is 1. The van der Waals surface area contributed by atoms with Gasteiger partial charge in [-0.2, -0.15) is 0 Å². The number of hydrogen-bond donors (Lipinski definition) is 2. The van der Waals surface area contributed by atoms with E-state index in [0.717, 1.165) is 25.7 Å². The summed E-state index contributed by atoms with van der Waals surface area (Å²) in [5.74, 6) is -1.50. The summed E-state index contributed by atoms with van der Waals surface area (Å²) in [5, 5.41) is 6.07. The lowest BCUT2D eigenvalue weighted by molar-refractivity contribution is -0.274. The van der Waals surface area contributed by atoms with Gasteiger partial charge in [0.05, 0.1) is 11.8 Å². The molecule has 0 saturated heterocycles. The molecular weight excluding hydrogens is 449 g/mol. The molecule has 6 nitrogen and oxygen atoms in total. The highest BCUT2D eigenvalue weighted by Gasteiger charge is 2.36. The molecule has 3 atom stereocenters. The van der Waals surface area contributed by atoms with Crippen molar-refractivity contribution in [3.8, 4) is 5.75 Å². The second kappa shape index (κ2) is 11.8. The van der Waals surface area contributed by atoms with Gasteiger partial charge >= 0.3 is 12.3 Å². The highest BCUT2D eigenvalue weighted by Crippen LogP contribution is 2.34. The Kier molecular flexibility index (Phi) is 9.64. The fraction of sp³-hybridized carbons (Fsp3) is 0.680. The molecule has 192 valence electrons. The van der Waals surface area contributed by atoms with Crippen LogP contribution in [-0.4, -0.2) is 36.4 Å². The molecule has 1 aliphatic rings. The lowest BCUT2D eigenvalue weighted by Crippen LogP contribution is -2.45. The molecular formula is C25H37F3N2O4. The van der Waals surface area contributed by atoms with Crippen molar-refractivity contribution in [1.29, 1.82) is 0 Å². The summed E-state index contributed by atoms with van der Waals surface area (Å²) in [6, 6.07) is 5.13. The van der Waals surface area contributed by atoms with Gasteiger partial charge in [-0.1, -0.05) is 32.6 Å². The van der Waals surface area contributed by atoms with Crippen LogP contribution < -0.4 is 15.4 Å². The number of benzene rings is 1. The number of ether oxygens (including phenoxy) is 2. The van der Waals surface area contributed by atoms with E-state index in [1.165, 1.54) is 24.3 Å². The van der Waals surface area contributed by atoms with E-state index in [2.05, 4.69) is 15.4 Å². The molecule has 0 aliphatic heterocycles. The smallest absolute Gasteiger partial charge is 0.460 e. The van der Waals surface area contributed by atoms with Crippen molar-refractivity contribution in [3.05, 3.63) is 24.3 Å². The predicted molar refractivity (Wildman–Crippen MR) is 124 cm³/mol. The van der Waals surface area contributed by atoms with Gasteiger partial charge in [-0.25, -0.2) is 0 Å². The summed E-state index contributed by atoms with van der Waals surface area (Å²) in [5.41, 5.74) is -0.0299. The van der Waals surface area contributed by atoms with Crippen molar-refractivity contribution >= 4 is 17.6 Å². The highest BCUT2D eigenvalue weighted by molar-refractivity contribution is 5.85. The Morgan fingerprint density at radius 2 is 1.65 bits per heavy atom. The number of anilines is 1. The number of hydrogen-bond acceptors (Lipinski definition) is 5. The standard InChI is InChI=1S/C25H37F3N2O4/c1-16(15-29-19-10-12-20(13-11-19)33-25(26,27)28)30-22(31)21(14-18-8-6-7-9-18)17(2)23(32)34-24(3,4)5/h10-13,16-18,21,29H,6-9,14-15H2,1-5H3,(H,30,31)/t16-,17?,21?/m0/s1. The van der Waals surface area contributed by atoms with Crippen LogP contribution in [0.3, 0.4) is 0 Å². The first-order valence-corrected chi connectivity index (χ1v) is 11.9. The molecule has 1 aromatic carbocycles. The summed E-state index contributed by atoms with van der Waals surface area (Å²) in [4.78, 5) is 25.9. The molecule has 1 amide bonds. The van der Waals surface area contributed by atoms with Crippen LogP contribution in [0.4, 0.5) is 18.9 Å². The molecule has 2 rings (SSSR count). The minimum absolute atomic E-state index is 0.187. The Morgan fingerprint density at radius 1 is 1.06 bits per heavy atom. The number of carbonyl (C=O) groups is 2. The van der Waals surface area contributed by atoms with Gasteiger partial charge in [0, 0.05) is 18.3 Å². The Morgan fingerprint density at radius 3 is 2.18 bits per heavy atom. The molecule has 0 spiro atoms.